The van der Waals surface area contributed by atoms with Gasteiger partial charge in [0.05, 0.1) is 6.10 Å². The van der Waals surface area contributed by atoms with Crippen LogP contribution >= 0.6 is 0 Å². The molecule has 0 aliphatic heterocycles. The Labute approximate surface area is 102 Å². The molecule has 96 valence electrons. The molecule has 1 aliphatic rings. The lowest BCUT2D eigenvalue weighted by Gasteiger charge is -2.48. The van der Waals surface area contributed by atoms with E-state index >= 15 is 0 Å². The highest BCUT2D eigenvalue weighted by Crippen LogP contribution is 2.48. The third kappa shape index (κ3) is 3.00. The summed E-state index contributed by atoms with van der Waals surface area (Å²) in [6.45, 7) is 15.9. The van der Waals surface area contributed by atoms with E-state index in [4.69, 9.17) is 0 Å². The minimum absolute atomic E-state index is 0.129. The second-order valence-corrected chi connectivity index (χ2v) is 8.01. The topological polar surface area (TPSA) is 20.2 Å². The summed E-state index contributed by atoms with van der Waals surface area (Å²) in [5.41, 5.74) is 0.440. The van der Waals surface area contributed by atoms with Gasteiger partial charge in [-0.25, -0.2) is 0 Å². The van der Waals surface area contributed by atoms with Crippen molar-refractivity contribution in [1.82, 2.24) is 0 Å². The van der Waals surface area contributed by atoms with Crippen LogP contribution in [0.25, 0.3) is 0 Å². The van der Waals surface area contributed by atoms with Gasteiger partial charge in [0.2, 0.25) is 0 Å². The van der Waals surface area contributed by atoms with Crippen molar-refractivity contribution in [2.45, 2.75) is 67.4 Å². The maximum Gasteiger partial charge on any atom is 0.0606 e. The van der Waals surface area contributed by atoms with Crippen LogP contribution in [0.15, 0.2) is 0 Å². The quantitative estimate of drug-likeness (QED) is 0.659. The highest BCUT2D eigenvalue weighted by Gasteiger charge is 2.44. The van der Waals surface area contributed by atoms with Crippen molar-refractivity contribution in [3.63, 3.8) is 0 Å². The number of aliphatic hydroxyl groups excluding tert-OH is 1. The third-order valence-corrected chi connectivity index (χ3v) is 4.36. The first-order valence-electron chi connectivity index (χ1n) is 6.71. The van der Waals surface area contributed by atoms with Crippen molar-refractivity contribution in [2.75, 3.05) is 0 Å². The number of hydrogen-bond donors (Lipinski definition) is 1. The van der Waals surface area contributed by atoms with Gasteiger partial charge in [-0.3, -0.25) is 0 Å². The molecule has 1 heteroatoms. The maximum absolute atomic E-state index is 10.6. The zero-order valence-electron chi connectivity index (χ0n) is 12.2. The lowest BCUT2D eigenvalue weighted by molar-refractivity contribution is -0.0808. The van der Waals surface area contributed by atoms with Gasteiger partial charge in [-0.1, -0.05) is 48.5 Å². The van der Waals surface area contributed by atoms with Gasteiger partial charge in [0.15, 0.2) is 0 Å². The van der Waals surface area contributed by atoms with Gasteiger partial charge in [0, 0.05) is 0 Å². The van der Waals surface area contributed by atoms with E-state index in [1.165, 1.54) is 12.8 Å². The molecule has 1 aliphatic carbocycles. The van der Waals surface area contributed by atoms with Crippen LogP contribution in [0.3, 0.4) is 0 Å². The molecule has 0 bridgehead atoms. The molecule has 0 radical (unpaired) electrons. The van der Waals surface area contributed by atoms with Gasteiger partial charge in [-0.2, -0.15) is 0 Å². The SMILES string of the molecule is CC1C[C@@H](C(C)(C)C)C(O)[C@@H](C(C)(C)C)C1. The van der Waals surface area contributed by atoms with Gasteiger partial charge in [-0.05, 0) is 41.4 Å². The first kappa shape index (κ1) is 14.0. The smallest absolute Gasteiger partial charge is 0.0606 e. The molecule has 4 atom stereocenters. The fourth-order valence-electron chi connectivity index (χ4n) is 3.25. The van der Waals surface area contributed by atoms with Crippen molar-refractivity contribution in [2.24, 2.45) is 28.6 Å². The molecule has 0 heterocycles. The van der Waals surface area contributed by atoms with E-state index in [1.54, 1.807) is 0 Å². The Hall–Kier alpha value is -0.0400. The molecule has 1 rings (SSSR count). The zero-order valence-corrected chi connectivity index (χ0v) is 12.2. The first-order chi connectivity index (χ1) is 7.03. The number of aliphatic hydroxyl groups is 1. The minimum Gasteiger partial charge on any atom is -0.393 e. The molecule has 16 heavy (non-hydrogen) atoms. The summed E-state index contributed by atoms with van der Waals surface area (Å²) in [5.74, 6) is 1.64. The first-order valence-corrected chi connectivity index (χ1v) is 6.71. The van der Waals surface area contributed by atoms with Crippen LogP contribution in [0.2, 0.25) is 0 Å². The fourth-order valence-corrected chi connectivity index (χ4v) is 3.25. The van der Waals surface area contributed by atoms with E-state index in [1.807, 2.05) is 0 Å². The Morgan fingerprint density at radius 1 is 0.812 bits per heavy atom. The molecular weight excluding hydrogens is 196 g/mol. The predicted octanol–water partition coefficient (Wildman–Crippen LogP) is 4.10. The zero-order chi connectivity index (χ0) is 12.7. The van der Waals surface area contributed by atoms with E-state index in [0.29, 0.717) is 11.8 Å². The largest absolute Gasteiger partial charge is 0.393 e. The second kappa shape index (κ2) is 4.33. The third-order valence-electron chi connectivity index (χ3n) is 4.36. The lowest BCUT2D eigenvalue weighted by atomic mass is 9.59. The summed E-state index contributed by atoms with van der Waals surface area (Å²) in [5, 5.41) is 10.6. The Morgan fingerprint density at radius 3 is 1.38 bits per heavy atom. The second-order valence-electron chi connectivity index (χ2n) is 8.01. The van der Waals surface area contributed by atoms with Crippen LogP contribution in [0.5, 0.6) is 0 Å². The summed E-state index contributed by atoms with van der Waals surface area (Å²) < 4.78 is 0. The molecule has 2 unspecified atom stereocenters. The fraction of sp³-hybridized carbons (Fsp3) is 1.00. The molecule has 1 nitrogen and oxygen atoms in total. The van der Waals surface area contributed by atoms with Crippen molar-refractivity contribution >= 4 is 0 Å². The minimum atomic E-state index is -0.129. The van der Waals surface area contributed by atoms with Crippen LogP contribution in [-0.4, -0.2) is 11.2 Å². The molecule has 0 aromatic carbocycles. The van der Waals surface area contributed by atoms with Gasteiger partial charge in [-0.15, -0.1) is 0 Å². The van der Waals surface area contributed by atoms with E-state index in [-0.39, 0.29) is 16.9 Å². The summed E-state index contributed by atoms with van der Waals surface area (Å²) in [7, 11) is 0. The maximum atomic E-state index is 10.6. The van der Waals surface area contributed by atoms with Gasteiger partial charge in [0.25, 0.3) is 0 Å². The normalized spacial score (nSPS) is 37.5. The summed E-state index contributed by atoms with van der Waals surface area (Å²) in [4.78, 5) is 0. The molecular formula is C15H30O. The highest BCUT2D eigenvalue weighted by atomic mass is 16.3. The summed E-state index contributed by atoms with van der Waals surface area (Å²) in [6.07, 6.45) is 2.23. The molecule has 0 aromatic heterocycles. The van der Waals surface area contributed by atoms with E-state index < -0.39 is 0 Å². The molecule has 1 saturated carbocycles. The molecule has 0 saturated heterocycles. The average Bonchev–Trinajstić information content (AvgIpc) is 2.04. The Bertz CT molecular complexity index is 207. The van der Waals surface area contributed by atoms with Crippen LogP contribution in [0.1, 0.15) is 61.3 Å². The number of hydrogen-bond acceptors (Lipinski definition) is 1. The molecule has 1 fully saturated rings. The number of rotatable bonds is 0. The van der Waals surface area contributed by atoms with Crippen LogP contribution in [0, 0.1) is 28.6 Å². The van der Waals surface area contributed by atoms with E-state index in [0.717, 1.165) is 5.92 Å². The van der Waals surface area contributed by atoms with Crippen LogP contribution in [-0.2, 0) is 0 Å². The van der Waals surface area contributed by atoms with E-state index in [9.17, 15) is 5.11 Å². The van der Waals surface area contributed by atoms with Crippen LogP contribution < -0.4 is 0 Å². The Morgan fingerprint density at radius 2 is 1.12 bits per heavy atom. The standard InChI is InChI=1S/C15H30O/c1-10-8-11(14(2,3)4)13(16)12(9-10)15(5,6)7/h10-13,16H,8-9H2,1-7H3/t10?,11-,12+,13?. The van der Waals surface area contributed by atoms with Crippen molar-refractivity contribution in [1.29, 1.82) is 0 Å². The average molecular weight is 226 g/mol. The highest BCUT2D eigenvalue weighted by molar-refractivity contribution is 4.94. The molecule has 0 aromatic rings. The van der Waals surface area contributed by atoms with Gasteiger partial charge in [0.1, 0.15) is 0 Å². The van der Waals surface area contributed by atoms with Gasteiger partial charge >= 0.3 is 0 Å². The van der Waals surface area contributed by atoms with Crippen molar-refractivity contribution in [3.8, 4) is 0 Å². The molecule has 0 amide bonds. The summed E-state index contributed by atoms with van der Waals surface area (Å²) >= 11 is 0. The van der Waals surface area contributed by atoms with Crippen LogP contribution in [0.4, 0.5) is 0 Å². The van der Waals surface area contributed by atoms with E-state index in [2.05, 4.69) is 48.5 Å². The Kier molecular flexibility index (Phi) is 3.79. The molecule has 0 spiro atoms. The molecule has 1 N–H and O–H groups in total. The van der Waals surface area contributed by atoms with Crippen molar-refractivity contribution < 1.29 is 5.11 Å². The predicted molar refractivity (Wildman–Crippen MR) is 70.3 cm³/mol. The summed E-state index contributed by atoms with van der Waals surface area (Å²) in [6, 6.07) is 0. The van der Waals surface area contributed by atoms with Gasteiger partial charge < -0.3 is 5.11 Å². The monoisotopic (exact) mass is 226 g/mol. The lowest BCUT2D eigenvalue weighted by Crippen LogP contribution is -2.47. The Balaban J connectivity index is 2.91. The van der Waals surface area contributed by atoms with Crippen molar-refractivity contribution in [3.05, 3.63) is 0 Å².